The molecule has 2 aliphatic rings. The van der Waals surface area contributed by atoms with Gasteiger partial charge in [-0.25, -0.2) is 0 Å². The van der Waals surface area contributed by atoms with Gasteiger partial charge < -0.3 is 4.57 Å². The van der Waals surface area contributed by atoms with Crippen molar-refractivity contribution in [1.82, 2.24) is 9.58 Å². The lowest BCUT2D eigenvalue weighted by molar-refractivity contribution is -0.114. The number of thioether (sulfide) groups is 1. The molecule has 2 aliphatic heterocycles. The third-order valence-corrected chi connectivity index (χ3v) is 6.24. The number of hydrogen-bond acceptors (Lipinski definition) is 4. The summed E-state index contributed by atoms with van der Waals surface area (Å²) in [6.45, 7) is 6.22. The van der Waals surface area contributed by atoms with E-state index in [4.69, 9.17) is 5.41 Å². The lowest BCUT2D eigenvalue weighted by atomic mass is 10.1. The fourth-order valence-electron chi connectivity index (χ4n) is 3.72. The highest BCUT2D eigenvalue weighted by atomic mass is 32.2. The average Bonchev–Trinajstić information content (AvgIpc) is 3.26. The first-order chi connectivity index (χ1) is 14.5. The van der Waals surface area contributed by atoms with E-state index < -0.39 is 0 Å². The van der Waals surface area contributed by atoms with Crippen LogP contribution in [0.15, 0.2) is 52.1 Å². The summed E-state index contributed by atoms with van der Waals surface area (Å²) >= 11 is 1.40. The first-order valence-corrected chi connectivity index (χ1v) is 11.0. The van der Waals surface area contributed by atoms with Crippen molar-refractivity contribution >= 4 is 39.8 Å². The zero-order valence-electron chi connectivity index (χ0n) is 17.5. The van der Waals surface area contributed by atoms with E-state index in [1.165, 1.54) is 16.8 Å². The van der Waals surface area contributed by atoms with Crippen LogP contribution in [0.1, 0.15) is 49.6 Å². The van der Waals surface area contributed by atoms with Crippen LogP contribution in [0.2, 0.25) is 0 Å². The van der Waals surface area contributed by atoms with Crippen LogP contribution in [0.4, 0.5) is 0 Å². The van der Waals surface area contributed by atoms with Gasteiger partial charge in [0.25, 0.3) is 5.91 Å². The largest absolute Gasteiger partial charge is 0.318 e. The van der Waals surface area contributed by atoms with Crippen molar-refractivity contribution < 1.29 is 4.79 Å². The fourth-order valence-corrected chi connectivity index (χ4v) is 4.65. The average molecular weight is 420 g/mol. The van der Waals surface area contributed by atoms with Gasteiger partial charge in [-0.3, -0.25) is 10.2 Å². The number of aromatic nitrogens is 1. The highest BCUT2D eigenvalue weighted by Gasteiger charge is 2.35. The number of aliphatic imine (C=N–C) groups is 1. The molecule has 0 saturated heterocycles. The summed E-state index contributed by atoms with van der Waals surface area (Å²) in [5.74, 6) is -0.291. The number of carbonyl (C=O) groups excluding carboxylic acids is 1. The van der Waals surface area contributed by atoms with Gasteiger partial charge in [0.2, 0.25) is 5.17 Å². The molecular formula is C23H25N5OS. The van der Waals surface area contributed by atoms with Crippen LogP contribution < -0.4 is 0 Å². The van der Waals surface area contributed by atoms with E-state index >= 15 is 0 Å². The van der Waals surface area contributed by atoms with Crippen molar-refractivity contribution in [3.05, 3.63) is 58.9 Å². The molecule has 0 fully saturated rings. The predicted octanol–water partition coefficient (Wildman–Crippen LogP) is 5.29. The maximum Gasteiger partial charge on any atom is 0.283 e. The number of hydrazone groups is 1. The number of unbranched alkanes of at least 4 members (excludes halogenated alkanes) is 2. The Labute approximate surface area is 180 Å². The maximum absolute atomic E-state index is 12.7. The van der Waals surface area contributed by atoms with Crippen LogP contribution in [0.3, 0.4) is 0 Å². The Balaban J connectivity index is 1.64. The number of amidine groups is 2. The highest BCUT2D eigenvalue weighted by Crippen LogP contribution is 2.31. The number of aryl methyl sites for hydroxylation is 1. The number of fused-ring (bicyclic) bond motifs is 1. The summed E-state index contributed by atoms with van der Waals surface area (Å²) in [5, 5.41) is 16.0. The minimum atomic E-state index is -0.381. The van der Waals surface area contributed by atoms with E-state index in [-0.39, 0.29) is 17.3 Å². The van der Waals surface area contributed by atoms with Gasteiger partial charge in [0.05, 0.1) is 5.57 Å². The molecule has 0 unspecified atom stereocenters. The number of nitrogens with one attached hydrogen (secondary N) is 1. The first kappa shape index (κ1) is 20.3. The Kier molecular flexibility index (Phi) is 5.72. The van der Waals surface area contributed by atoms with E-state index in [9.17, 15) is 4.79 Å². The summed E-state index contributed by atoms with van der Waals surface area (Å²) < 4.78 is 2.15. The zero-order chi connectivity index (χ0) is 21.3. The van der Waals surface area contributed by atoms with Crippen molar-refractivity contribution in [1.29, 1.82) is 5.41 Å². The first-order valence-electron chi connectivity index (χ1n) is 10.2. The third kappa shape index (κ3) is 3.77. The maximum atomic E-state index is 12.7. The van der Waals surface area contributed by atoms with Crippen molar-refractivity contribution in [3.8, 4) is 5.69 Å². The molecule has 7 heteroatoms. The van der Waals surface area contributed by atoms with Gasteiger partial charge in [-0.2, -0.15) is 15.1 Å². The van der Waals surface area contributed by atoms with Gasteiger partial charge in [-0.1, -0.05) is 38.0 Å². The van der Waals surface area contributed by atoms with Gasteiger partial charge in [-0.05, 0) is 68.3 Å². The van der Waals surface area contributed by atoms with Gasteiger partial charge in [-0.15, -0.1) is 0 Å². The molecule has 4 rings (SSSR count). The summed E-state index contributed by atoms with van der Waals surface area (Å²) in [6.07, 6.45) is 5.96. The molecule has 154 valence electrons. The summed E-state index contributed by atoms with van der Waals surface area (Å²) in [6, 6.07) is 12.1. The molecule has 1 aromatic carbocycles. The molecule has 0 bridgehead atoms. The number of amides is 1. The number of hydrogen-bond donors (Lipinski definition) is 1. The molecule has 3 heterocycles. The van der Waals surface area contributed by atoms with Crippen LogP contribution in [0.5, 0.6) is 0 Å². The van der Waals surface area contributed by atoms with Crippen molar-refractivity contribution in [2.45, 2.75) is 46.5 Å². The van der Waals surface area contributed by atoms with Crippen molar-refractivity contribution in [2.75, 3.05) is 0 Å². The number of rotatable bonds is 6. The Hall–Kier alpha value is -2.93. The van der Waals surface area contributed by atoms with E-state index in [1.54, 1.807) is 6.08 Å². The molecule has 1 amide bonds. The van der Waals surface area contributed by atoms with Crippen LogP contribution in [-0.4, -0.2) is 31.5 Å². The van der Waals surface area contributed by atoms with E-state index in [0.717, 1.165) is 53.4 Å². The fraction of sp³-hybridized carbons (Fsp3) is 0.304. The molecule has 0 saturated carbocycles. The molecule has 1 N–H and O–H groups in total. The van der Waals surface area contributed by atoms with Crippen LogP contribution in [-0.2, 0) is 4.79 Å². The van der Waals surface area contributed by atoms with Crippen LogP contribution in [0, 0.1) is 19.3 Å². The van der Waals surface area contributed by atoms with Crippen LogP contribution >= 0.6 is 11.8 Å². The van der Waals surface area contributed by atoms with E-state index in [1.807, 2.05) is 38.1 Å². The van der Waals surface area contributed by atoms with E-state index in [0.29, 0.717) is 5.17 Å². The standard InChI is InChI=1S/C23H25N5OS/c1-4-5-7-12-20-26-28-21(24)19(22(29)25-23(28)30-20)14-17-13-15(2)27(16(17)3)18-10-8-6-9-11-18/h6,8-11,13-14,24H,4-5,7,12H2,1-3H3/b19-14-,24-21?. The Morgan fingerprint density at radius 3 is 2.67 bits per heavy atom. The number of carbonyl (C=O) groups is 1. The Bertz CT molecular complexity index is 1090. The van der Waals surface area contributed by atoms with Crippen LogP contribution in [0.25, 0.3) is 11.8 Å². The van der Waals surface area contributed by atoms with E-state index in [2.05, 4.69) is 33.7 Å². The van der Waals surface area contributed by atoms with Gasteiger partial charge >= 0.3 is 0 Å². The predicted molar refractivity (Wildman–Crippen MR) is 124 cm³/mol. The SMILES string of the molecule is CCCCCC1=NN2C(=N)/C(=C/c3cc(C)n(-c4ccccc4)c3C)C(=O)N=C2S1. The monoisotopic (exact) mass is 419 g/mol. The van der Waals surface area contributed by atoms with Gasteiger partial charge in [0.15, 0.2) is 5.84 Å². The summed E-state index contributed by atoms with van der Waals surface area (Å²) in [4.78, 5) is 16.9. The Morgan fingerprint density at radius 1 is 1.17 bits per heavy atom. The second kappa shape index (κ2) is 8.44. The van der Waals surface area contributed by atoms with Crippen molar-refractivity contribution in [2.24, 2.45) is 10.1 Å². The number of benzene rings is 1. The molecule has 1 aromatic heterocycles. The molecule has 6 nitrogen and oxygen atoms in total. The topological polar surface area (TPSA) is 73.8 Å². The second-order valence-corrected chi connectivity index (χ2v) is 8.51. The molecule has 0 atom stereocenters. The molecule has 2 aromatic rings. The molecule has 0 spiro atoms. The number of nitrogens with zero attached hydrogens (tertiary/aromatic N) is 4. The minimum Gasteiger partial charge on any atom is -0.318 e. The second-order valence-electron chi connectivity index (χ2n) is 7.47. The minimum absolute atomic E-state index is 0.0903. The Morgan fingerprint density at radius 2 is 1.93 bits per heavy atom. The highest BCUT2D eigenvalue weighted by molar-refractivity contribution is 8.26. The van der Waals surface area contributed by atoms with Crippen molar-refractivity contribution in [3.63, 3.8) is 0 Å². The molecule has 0 aliphatic carbocycles. The summed E-state index contributed by atoms with van der Waals surface area (Å²) in [5.41, 5.74) is 4.33. The van der Waals surface area contributed by atoms with Gasteiger partial charge in [0.1, 0.15) is 5.04 Å². The van der Waals surface area contributed by atoms with Gasteiger partial charge in [0, 0.05) is 17.1 Å². The lowest BCUT2D eigenvalue weighted by Crippen LogP contribution is -2.35. The number of para-hydroxylation sites is 1. The molecule has 30 heavy (non-hydrogen) atoms. The normalized spacial score (nSPS) is 17.4. The molecular weight excluding hydrogens is 394 g/mol. The summed E-state index contributed by atoms with van der Waals surface area (Å²) in [7, 11) is 0. The lowest BCUT2D eigenvalue weighted by Gasteiger charge is -2.20. The molecule has 0 radical (unpaired) electrons. The smallest absolute Gasteiger partial charge is 0.283 e. The third-order valence-electron chi connectivity index (χ3n) is 5.28. The quantitative estimate of drug-likeness (QED) is 0.510. The zero-order valence-corrected chi connectivity index (χ0v) is 18.3.